The molecule has 0 fully saturated rings. The van der Waals surface area contributed by atoms with Crippen LogP contribution < -0.4 is 10.0 Å². The molecule has 0 aromatic heterocycles. The highest BCUT2D eigenvalue weighted by atomic mass is 32.2. The fourth-order valence-electron chi connectivity index (χ4n) is 3.40. The molecule has 2 aromatic carbocycles. The number of benzene rings is 2. The summed E-state index contributed by atoms with van der Waals surface area (Å²) >= 11 is 0. The van der Waals surface area contributed by atoms with Gasteiger partial charge in [-0.1, -0.05) is 19.9 Å². The molecular formula is C21H27N3O5S2. The van der Waals surface area contributed by atoms with Gasteiger partial charge < -0.3 is 5.32 Å². The standard InChI is InChI=1S/C21H27N3O5S2/c1-3-13-30(26,27)24-12-11-16-5-6-19(14-17(16)15-24)23-31(28,29)20-9-7-18(8-10-20)22-21(25)4-2/h5-10,14,23H,3-4,11-13,15H2,1-2H3,(H,22,25). The van der Waals surface area contributed by atoms with Crippen LogP contribution in [0, 0.1) is 0 Å². The average molecular weight is 466 g/mol. The van der Waals surface area contributed by atoms with E-state index in [1.165, 1.54) is 28.6 Å². The van der Waals surface area contributed by atoms with Crippen molar-refractivity contribution >= 4 is 37.3 Å². The third kappa shape index (κ3) is 5.63. The van der Waals surface area contributed by atoms with Gasteiger partial charge in [-0.15, -0.1) is 0 Å². The molecular weight excluding hydrogens is 438 g/mol. The smallest absolute Gasteiger partial charge is 0.261 e. The molecule has 0 saturated carbocycles. The van der Waals surface area contributed by atoms with Crippen molar-refractivity contribution in [3.63, 3.8) is 0 Å². The predicted octanol–water partition coefficient (Wildman–Crippen LogP) is 2.93. The molecule has 1 aliphatic heterocycles. The van der Waals surface area contributed by atoms with Gasteiger partial charge in [-0.05, 0) is 60.4 Å². The first-order chi connectivity index (χ1) is 14.6. The maximum Gasteiger partial charge on any atom is 0.261 e. The lowest BCUT2D eigenvalue weighted by Crippen LogP contribution is -2.37. The van der Waals surface area contributed by atoms with Gasteiger partial charge in [-0.25, -0.2) is 16.8 Å². The van der Waals surface area contributed by atoms with Gasteiger partial charge in [0.25, 0.3) is 10.0 Å². The lowest BCUT2D eigenvalue weighted by molar-refractivity contribution is -0.115. The minimum Gasteiger partial charge on any atom is -0.326 e. The van der Waals surface area contributed by atoms with Crippen LogP contribution in [0.1, 0.15) is 37.8 Å². The van der Waals surface area contributed by atoms with Gasteiger partial charge in [0.1, 0.15) is 0 Å². The molecule has 0 saturated heterocycles. The number of carbonyl (C=O) groups is 1. The zero-order valence-corrected chi connectivity index (χ0v) is 19.2. The summed E-state index contributed by atoms with van der Waals surface area (Å²) < 4.78 is 54.3. The molecule has 1 amide bonds. The van der Waals surface area contributed by atoms with E-state index in [4.69, 9.17) is 0 Å². The van der Waals surface area contributed by atoms with Crippen molar-refractivity contribution in [3.8, 4) is 0 Å². The second kappa shape index (κ2) is 9.37. The summed E-state index contributed by atoms with van der Waals surface area (Å²) in [6, 6.07) is 11.1. The molecule has 168 valence electrons. The number of fused-ring (bicyclic) bond motifs is 1. The van der Waals surface area contributed by atoms with Crippen LogP contribution in [-0.2, 0) is 37.8 Å². The largest absolute Gasteiger partial charge is 0.326 e. The summed E-state index contributed by atoms with van der Waals surface area (Å²) in [6.45, 7) is 4.22. The molecule has 0 aliphatic carbocycles. The van der Waals surface area contributed by atoms with Gasteiger partial charge >= 0.3 is 0 Å². The van der Waals surface area contributed by atoms with Gasteiger partial charge in [-0.2, -0.15) is 4.31 Å². The summed E-state index contributed by atoms with van der Waals surface area (Å²) in [7, 11) is -7.15. The summed E-state index contributed by atoms with van der Waals surface area (Å²) in [4.78, 5) is 11.5. The monoisotopic (exact) mass is 465 g/mol. The van der Waals surface area contributed by atoms with E-state index in [-0.39, 0.29) is 23.1 Å². The normalized spacial score (nSPS) is 14.6. The molecule has 0 unspecified atom stereocenters. The van der Waals surface area contributed by atoms with Crippen molar-refractivity contribution in [2.45, 2.75) is 44.6 Å². The zero-order chi connectivity index (χ0) is 22.6. The number of hydrogen-bond acceptors (Lipinski definition) is 5. The molecule has 0 radical (unpaired) electrons. The fourth-order valence-corrected chi connectivity index (χ4v) is 5.93. The second-order valence-corrected chi connectivity index (χ2v) is 11.2. The van der Waals surface area contributed by atoms with Gasteiger partial charge in [0.05, 0.1) is 10.6 Å². The van der Waals surface area contributed by atoms with E-state index in [1.54, 1.807) is 19.1 Å². The number of carbonyl (C=O) groups excluding carboxylic acids is 1. The molecule has 10 heteroatoms. The highest BCUT2D eigenvalue weighted by Gasteiger charge is 2.26. The van der Waals surface area contributed by atoms with E-state index in [0.29, 0.717) is 37.2 Å². The quantitative estimate of drug-likeness (QED) is 0.622. The Morgan fingerprint density at radius 2 is 1.65 bits per heavy atom. The fraction of sp³-hybridized carbons (Fsp3) is 0.381. The van der Waals surface area contributed by atoms with Crippen LogP contribution in [0.25, 0.3) is 0 Å². The lowest BCUT2D eigenvalue weighted by atomic mass is 10.0. The van der Waals surface area contributed by atoms with E-state index in [2.05, 4.69) is 10.0 Å². The minimum absolute atomic E-state index is 0.0619. The number of nitrogens with zero attached hydrogens (tertiary/aromatic N) is 1. The molecule has 0 atom stereocenters. The molecule has 2 aromatic rings. The van der Waals surface area contributed by atoms with Crippen LogP contribution >= 0.6 is 0 Å². The highest BCUT2D eigenvalue weighted by Crippen LogP contribution is 2.26. The van der Waals surface area contributed by atoms with Crippen molar-refractivity contribution in [2.24, 2.45) is 0 Å². The molecule has 0 spiro atoms. The summed E-state index contributed by atoms with van der Waals surface area (Å²) in [6.07, 6.45) is 1.47. The van der Waals surface area contributed by atoms with E-state index in [0.717, 1.165) is 11.1 Å². The van der Waals surface area contributed by atoms with E-state index >= 15 is 0 Å². The van der Waals surface area contributed by atoms with Crippen LogP contribution in [0.5, 0.6) is 0 Å². The molecule has 3 rings (SSSR count). The van der Waals surface area contributed by atoms with Crippen LogP contribution in [-0.4, -0.2) is 39.3 Å². The van der Waals surface area contributed by atoms with Gasteiger partial charge in [0, 0.05) is 30.9 Å². The Kier molecular flexibility index (Phi) is 7.03. The third-order valence-corrected chi connectivity index (χ3v) is 8.48. The Bertz CT molecular complexity index is 1160. The molecule has 1 heterocycles. The van der Waals surface area contributed by atoms with Crippen LogP contribution in [0.15, 0.2) is 47.4 Å². The van der Waals surface area contributed by atoms with E-state index in [1.807, 2.05) is 13.0 Å². The Balaban J connectivity index is 1.76. The average Bonchev–Trinajstić information content (AvgIpc) is 2.73. The Labute approximate surface area is 183 Å². The number of anilines is 2. The number of rotatable bonds is 8. The topological polar surface area (TPSA) is 113 Å². The minimum atomic E-state index is -3.84. The Morgan fingerprint density at radius 1 is 0.968 bits per heavy atom. The van der Waals surface area contributed by atoms with Crippen molar-refractivity contribution in [2.75, 3.05) is 22.3 Å². The summed E-state index contributed by atoms with van der Waals surface area (Å²) in [5.41, 5.74) is 2.70. The zero-order valence-electron chi connectivity index (χ0n) is 17.6. The SMILES string of the molecule is CCCS(=O)(=O)N1CCc2ccc(NS(=O)(=O)c3ccc(NC(=O)CC)cc3)cc2C1. The molecule has 2 N–H and O–H groups in total. The van der Waals surface area contributed by atoms with Crippen LogP contribution in [0.2, 0.25) is 0 Å². The van der Waals surface area contributed by atoms with Crippen molar-refractivity contribution in [1.29, 1.82) is 0 Å². The number of amides is 1. The second-order valence-electron chi connectivity index (χ2n) is 7.41. The molecule has 1 aliphatic rings. The van der Waals surface area contributed by atoms with E-state index < -0.39 is 20.0 Å². The molecule has 0 bridgehead atoms. The lowest BCUT2D eigenvalue weighted by Gasteiger charge is -2.28. The number of hydrogen-bond donors (Lipinski definition) is 2. The Hall–Kier alpha value is -2.43. The third-order valence-electron chi connectivity index (χ3n) is 5.06. The van der Waals surface area contributed by atoms with Crippen molar-refractivity contribution in [3.05, 3.63) is 53.6 Å². The van der Waals surface area contributed by atoms with Crippen molar-refractivity contribution in [1.82, 2.24) is 4.31 Å². The molecule has 31 heavy (non-hydrogen) atoms. The predicted molar refractivity (Wildman–Crippen MR) is 121 cm³/mol. The number of nitrogens with one attached hydrogen (secondary N) is 2. The first-order valence-corrected chi connectivity index (χ1v) is 13.3. The summed E-state index contributed by atoms with van der Waals surface area (Å²) in [5, 5.41) is 2.67. The van der Waals surface area contributed by atoms with E-state index in [9.17, 15) is 21.6 Å². The summed E-state index contributed by atoms with van der Waals surface area (Å²) in [5.74, 6) is -0.0543. The van der Waals surface area contributed by atoms with Gasteiger partial charge in [-0.3, -0.25) is 9.52 Å². The maximum atomic E-state index is 12.8. The van der Waals surface area contributed by atoms with Crippen molar-refractivity contribution < 1.29 is 21.6 Å². The first-order valence-electron chi connectivity index (χ1n) is 10.2. The van der Waals surface area contributed by atoms with Gasteiger partial charge in [0.2, 0.25) is 15.9 Å². The molecule has 8 nitrogen and oxygen atoms in total. The Morgan fingerprint density at radius 3 is 2.29 bits per heavy atom. The maximum absolute atomic E-state index is 12.8. The number of sulfonamides is 2. The van der Waals surface area contributed by atoms with Gasteiger partial charge in [0.15, 0.2) is 0 Å². The highest BCUT2D eigenvalue weighted by molar-refractivity contribution is 7.92. The van der Waals surface area contributed by atoms with Crippen LogP contribution in [0.4, 0.5) is 11.4 Å². The van der Waals surface area contributed by atoms with Crippen LogP contribution in [0.3, 0.4) is 0 Å². The first kappa shape index (κ1) is 23.2.